The van der Waals surface area contributed by atoms with E-state index >= 15 is 0 Å². The van der Waals surface area contributed by atoms with E-state index in [9.17, 15) is 4.79 Å². The number of ketones is 1. The Kier molecular flexibility index (Phi) is 7.31. The normalized spacial score (nSPS) is 23.7. The molecule has 2 rings (SSSR count). The number of hydrogen-bond acceptors (Lipinski definition) is 3. The van der Waals surface area contributed by atoms with Crippen LogP contribution in [-0.4, -0.2) is 25.3 Å². The van der Waals surface area contributed by atoms with Gasteiger partial charge in [0.2, 0.25) is 0 Å². The third-order valence-electron chi connectivity index (χ3n) is 4.14. The van der Waals surface area contributed by atoms with Crippen LogP contribution in [0.3, 0.4) is 0 Å². The highest BCUT2D eigenvalue weighted by molar-refractivity contribution is 5.95. The Morgan fingerprint density at radius 1 is 1.15 bits per heavy atom. The maximum absolute atomic E-state index is 11.6. The first kappa shape index (κ1) is 15.7. The summed E-state index contributed by atoms with van der Waals surface area (Å²) in [4.78, 5) is 11.6. The van der Waals surface area contributed by atoms with Crippen molar-refractivity contribution >= 4 is 5.78 Å². The van der Waals surface area contributed by atoms with Crippen molar-refractivity contribution in [2.24, 2.45) is 0 Å². The van der Waals surface area contributed by atoms with E-state index in [2.05, 4.69) is 6.08 Å². The smallest absolute Gasteiger partial charge is 0.158 e. The van der Waals surface area contributed by atoms with E-state index in [-0.39, 0.29) is 6.29 Å². The molecule has 1 unspecified atom stereocenters. The van der Waals surface area contributed by atoms with Gasteiger partial charge >= 0.3 is 0 Å². The van der Waals surface area contributed by atoms with E-state index in [1.807, 2.05) is 0 Å². The van der Waals surface area contributed by atoms with Crippen LogP contribution in [0.15, 0.2) is 11.6 Å². The summed E-state index contributed by atoms with van der Waals surface area (Å²) in [5.74, 6) is 0.383. The average Bonchev–Trinajstić information content (AvgIpc) is 2.49. The molecular weight excluding hydrogens is 252 g/mol. The molecule has 0 aromatic heterocycles. The lowest BCUT2D eigenvalue weighted by molar-refractivity contribution is -0.162. The first-order valence-corrected chi connectivity index (χ1v) is 8.32. The molecule has 0 amide bonds. The van der Waals surface area contributed by atoms with Crippen LogP contribution >= 0.6 is 0 Å². The van der Waals surface area contributed by atoms with Crippen molar-refractivity contribution in [2.45, 2.75) is 76.9 Å². The molecule has 1 heterocycles. The molecule has 0 spiro atoms. The van der Waals surface area contributed by atoms with Crippen molar-refractivity contribution in [1.82, 2.24) is 0 Å². The van der Waals surface area contributed by atoms with Gasteiger partial charge in [0.15, 0.2) is 12.1 Å². The zero-order valence-electron chi connectivity index (χ0n) is 12.6. The molecule has 0 radical (unpaired) electrons. The third-order valence-corrected chi connectivity index (χ3v) is 4.14. The van der Waals surface area contributed by atoms with Crippen LogP contribution in [0.5, 0.6) is 0 Å². The summed E-state index contributed by atoms with van der Waals surface area (Å²) in [6.45, 7) is 1.67. The highest BCUT2D eigenvalue weighted by atomic mass is 16.7. The molecular formula is C17H28O3. The van der Waals surface area contributed by atoms with Gasteiger partial charge in [-0.25, -0.2) is 0 Å². The number of allylic oxidation sites excluding steroid dienone is 2. The van der Waals surface area contributed by atoms with Gasteiger partial charge in [-0.2, -0.15) is 0 Å². The summed E-state index contributed by atoms with van der Waals surface area (Å²) in [6.07, 6.45) is 14.2. The lowest BCUT2D eigenvalue weighted by Gasteiger charge is -2.22. The van der Waals surface area contributed by atoms with Gasteiger partial charge in [0.25, 0.3) is 0 Å². The SMILES string of the molecule is O=C1CCCC=C1CCCCCCOC1CCCCO1. The first-order chi connectivity index (χ1) is 9.86. The molecule has 2 aliphatic rings. The summed E-state index contributed by atoms with van der Waals surface area (Å²) < 4.78 is 11.2. The van der Waals surface area contributed by atoms with Gasteiger partial charge in [0.05, 0.1) is 0 Å². The van der Waals surface area contributed by atoms with Crippen molar-refractivity contribution in [3.05, 3.63) is 11.6 Å². The van der Waals surface area contributed by atoms with Crippen LogP contribution in [0.2, 0.25) is 0 Å². The summed E-state index contributed by atoms with van der Waals surface area (Å²) in [7, 11) is 0. The molecule has 114 valence electrons. The number of Topliss-reactive ketones (excluding diaryl/α,β-unsaturated/α-hetero) is 1. The largest absolute Gasteiger partial charge is 0.353 e. The topological polar surface area (TPSA) is 35.5 Å². The van der Waals surface area contributed by atoms with Gasteiger partial charge in [-0.3, -0.25) is 4.79 Å². The molecule has 0 aromatic carbocycles. The number of carbonyl (C=O) groups is 1. The Morgan fingerprint density at radius 3 is 2.85 bits per heavy atom. The van der Waals surface area contributed by atoms with Gasteiger partial charge in [-0.15, -0.1) is 0 Å². The van der Waals surface area contributed by atoms with Crippen molar-refractivity contribution in [3.8, 4) is 0 Å². The van der Waals surface area contributed by atoms with Crippen LogP contribution < -0.4 is 0 Å². The molecule has 0 saturated carbocycles. The molecule has 3 heteroatoms. The quantitative estimate of drug-likeness (QED) is 0.626. The first-order valence-electron chi connectivity index (χ1n) is 8.32. The fourth-order valence-corrected chi connectivity index (χ4v) is 2.88. The Morgan fingerprint density at radius 2 is 2.05 bits per heavy atom. The lowest BCUT2D eigenvalue weighted by atomic mass is 9.94. The van der Waals surface area contributed by atoms with Gasteiger partial charge < -0.3 is 9.47 Å². The highest BCUT2D eigenvalue weighted by Gasteiger charge is 2.14. The minimum atomic E-state index is 0.0498. The molecule has 1 aliphatic carbocycles. The third kappa shape index (κ3) is 5.76. The molecule has 1 saturated heterocycles. The number of ether oxygens (including phenoxy) is 2. The van der Waals surface area contributed by atoms with Crippen LogP contribution in [0, 0.1) is 0 Å². The second-order valence-corrected chi connectivity index (χ2v) is 5.88. The van der Waals surface area contributed by atoms with Crippen molar-refractivity contribution in [1.29, 1.82) is 0 Å². The van der Waals surface area contributed by atoms with E-state index in [1.165, 1.54) is 25.7 Å². The summed E-state index contributed by atoms with van der Waals surface area (Å²) in [5, 5.41) is 0. The standard InChI is InChI=1S/C17H28O3/c18-16-11-5-4-10-15(16)9-3-1-2-7-13-19-17-12-6-8-14-20-17/h10,17H,1-9,11-14H2. The van der Waals surface area contributed by atoms with Crippen LogP contribution in [-0.2, 0) is 14.3 Å². The zero-order valence-corrected chi connectivity index (χ0v) is 12.6. The number of carbonyl (C=O) groups excluding carboxylic acids is 1. The van der Waals surface area contributed by atoms with E-state index in [0.29, 0.717) is 5.78 Å². The highest BCUT2D eigenvalue weighted by Crippen LogP contribution is 2.20. The van der Waals surface area contributed by atoms with E-state index in [0.717, 1.165) is 63.7 Å². The minimum absolute atomic E-state index is 0.0498. The fourth-order valence-electron chi connectivity index (χ4n) is 2.88. The predicted molar refractivity (Wildman–Crippen MR) is 79.6 cm³/mol. The second kappa shape index (κ2) is 9.30. The molecule has 1 fully saturated rings. The molecule has 1 atom stereocenters. The van der Waals surface area contributed by atoms with Crippen molar-refractivity contribution in [3.63, 3.8) is 0 Å². The molecule has 0 aromatic rings. The summed E-state index contributed by atoms with van der Waals surface area (Å²) in [5.41, 5.74) is 1.09. The van der Waals surface area contributed by atoms with Gasteiger partial charge in [0, 0.05) is 19.6 Å². The Hall–Kier alpha value is -0.670. The van der Waals surface area contributed by atoms with Crippen LogP contribution in [0.1, 0.15) is 70.6 Å². The van der Waals surface area contributed by atoms with Crippen LogP contribution in [0.4, 0.5) is 0 Å². The molecule has 20 heavy (non-hydrogen) atoms. The van der Waals surface area contributed by atoms with Gasteiger partial charge in [-0.05, 0) is 56.9 Å². The van der Waals surface area contributed by atoms with Crippen molar-refractivity contribution < 1.29 is 14.3 Å². The average molecular weight is 280 g/mol. The maximum atomic E-state index is 11.6. The minimum Gasteiger partial charge on any atom is -0.353 e. The van der Waals surface area contributed by atoms with Crippen molar-refractivity contribution in [2.75, 3.05) is 13.2 Å². The maximum Gasteiger partial charge on any atom is 0.158 e. The summed E-state index contributed by atoms with van der Waals surface area (Å²) >= 11 is 0. The molecule has 0 N–H and O–H groups in total. The van der Waals surface area contributed by atoms with E-state index in [1.54, 1.807) is 0 Å². The van der Waals surface area contributed by atoms with E-state index < -0.39 is 0 Å². The fraction of sp³-hybridized carbons (Fsp3) is 0.824. The predicted octanol–water partition coefficient (Wildman–Crippen LogP) is 4.16. The monoisotopic (exact) mass is 280 g/mol. The van der Waals surface area contributed by atoms with Gasteiger partial charge in [-0.1, -0.05) is 18.9 Å². The Labute approximate surface area is 122 Å². The number of rotatable bonds is 8. The van der Waals surface area contributed by atoms with E-state index in [4.69, 9.17) is 9.47 Å². The van der Waals surface area contributed by atoms with Gasteiger partial charge in [0.1, 0.15) is 0 Å². The molecule has 0 bridgehead atoms. The number of unbranched alkanes of at least 4 members (excludes halogenated alkanes) is 3. The lowest BCUT2D eigenvalue weighted by Crippen LogP contribution is -2.22. The molecule has 1 aliphatic heterocycles. The number of hydrogen-bond donors (Lipinski definition) is 0. The zero-order chi connectivity index (χ0) is 14.0. The second-order valence-electron chi connectivity index (χ2n) is 5.88. The Bertz CT molecular complexity index is 316. The molecule has 3 nitrogen and oxygen atoms in total. The Balaban J connectivity index is 1.43. The summed E-state index contributed by atoms with van der Waals surface area (Å²) in [6, 6.07) is 0. The van der Waals surface area contributed by atoms with Crippen LogP contribution in [0.25, 0.3) is 0 Å².